The molecule has 5 nitrogen and oxygen atoms in total. The van der Waals surface area contributed by atoms with Crippen molar-refractivity contribution in [1.82, 2.24) is 5.32 Å². The molecule has 0 heterocycles. The second-order valence-electron chi connectivity index (χ2n) is 19.4. The van der Waals surface area contributed by atoms with Crippen molar-refractivity contribution in [3.8, 4) is 0 Å². The number of hydrogen-bond donors (Lipinski definition) is 1. The van der Waals surface area contributed by atoms with Crippen LogP contribution >= 0.6 is 0 Å². The van der Waals surface area contributed by atoms with Crippen molar-refractivity contribution < 1.29 is 19.1 Å². The zero-order valence-corrected chi connectivity index (χ0v) is 32.5. The molecule has 274 valence electrons. The highest BCUT2D eigenvalue weighted by Crippen LogP contribution is 2.72. The standard InChI is InChI=1S/C45H65NO4/c1-31-14-12-23-45(31,39(49)46-29-33-17-11-16-32-15-9-10-18-34(32)33)27-26-42(6)22-13-19-36-43(7)24-21-37(50-38(48)28-40(2,3)30-47)41(4,5)35(43)20-25-44(36,42)8/h9-11,15-18,30-31,35-37H,12-14,19-29H2,1-8H3,(H,46,49)/t31?,35?,36?,37?,42-,43?,44?,45?/m0/s1. The van der Waals surface area contributed by atoms with Gasteiger partial charge in [0.05, 0.1) is 11.8 Å². The van der Waals surface area contributed by atoms with Gasteiger partial charge in [0.1, 0.15) is 12.4 Å². The van der Waals surface area contributed by atoms with E-state index in [9.17, 15) is 14.4 Å². The predicted octanol–water partition coefficient (Wildman–Crippen LogP) is 10.6. The summed E-state index contributed by atoms with van der Waals surface area (Å²) in [5.74, 6) is 1.48. The molecule has 0 radical (unpaired) electrons. The molecule has 6 rings (SSSR count). The molecule has 4 fully saturated rings. The average Bonchev–Trinajstić information content (AvgIpc) is 3.45. The van der Waals surface area contributed by atoms with Crippen LogP contribution < -0.4 is 5.32 Å². The number of rotatable bonds is 10. The Labute approximate surface area is 302 Å². The first-order chi connectivity index (χ1) is 23.5. The van der Waals surface area contributed by atoms with Crippen molar-refractivity contribution >= 4 is 28.9 Å². The summed E-state index contributed by atoms with van der Waals surface area (Å²) in [7, 11) is 0. The normalized spacial score (nSPS) is 36.6. The topological polar surface area (TPSA) is 72.5 Å². The molecule has 2 aromatic rings. The van der Waals surface area contributed by atoms with Gasteiger partial charge in [-0.1, -0.05) is 111 Å². The van der Waals surface area contributed by atoms with Gasteiger partial charge in [0, 0.05) is 17.4 Å². The van der Waals surface area contributed by atoms with Crippen LogP contribution in [0.25, 0.3) is 10.8 Å². The summed E-state index contributed by atoms with van der Waals surface area (Å²) in [6.07, 6.45) is 14.2. The molecule has 1 amide bonds. The average molecular weight is 684 g/mol. The highest BCUT2D eigenvalue weighted by molar-refractivity contribution is 5.87. The fraction of sp³-hybridized carbons (Fsp3) is 0.711. The van der Waals surface area contributed by atoms with Gasteiger partial charge in [-0.25, -0.2) is 0 Å². The van der Waals surface area contributed by atoms with Crippen molar-refractivity contribution in [3.05, 3.63) is 48.0 Å². The van der Waals surface area contributed by atoms with Crippen LogP contribution in [0.3, 0.4) is 0 Å². The summed E-state index contributed by atoms with van der Waals surface area (Å²) in [5.41, 5.74) is 0.603. The van der Waals surface area contributed by atoms with Crippen molar-refractivity contribution in [2.75, 3.05) is 0 Å². The molecule has 5 heteroatoms. The molecular weight excluding hydrogens is 618 g/mol. The van der Waals surface area contributed by atoms with Gasteiger partial charge >= 0.3 is 5.97 Å². The molecular formula is C45H65NO4. The van der Waals surface area contributed by atoms with Gasteiger partial charge in [-0.05, 0) is 115 Å². The number of esters is 1. The molecule has 0 bridgehead atoms. The van der Waals surface area contributed by atoms with Gasteiger partial charge in [-0.15, -0.1) is 0 Å². The predicted molar refractivity (Wildman–Crippen MR) is 202 cm³/mol. The van der Waals surface area contributed by atoms with Crippen LogP contribution in [0.1, 0.15) is 144 Å². The Morgan fingerprint density at radius 3 is 2.30 bits per heavy atom. The Bertz CT molecular complexity index is 1590. The molecule has 50 heavy (non-hydrogen) atoms. The fourth-order valence-electron chi connectivity index (χ4n) is 12.5. The molecule has 0 saturated heterocycles. The molecule has 7 unspecified atom stereocenters. The van der Waals surface area contributed by atoms with E-state index in [1.807, 2.05) is 0 Å². The minimum absolute atomic E-state index is 0.119. The third kappa shape index (κ3) is 6.25. The Morgan fingerprint density at radius 1 is 0.860 bits per heavy atom. The molecule has 0 spiro atoms. The van der Waals surface area contributed by atoms with E-state index in [0.717, 1.165) is 57.7 Å². The van der Waals surface area contributed by atoms with Crippen LogP contribution in [0.4, 0.5) is 0 Å². The van der Waals surface area contributed by atoms with E-state index in [1.165, 1.54) is 42.0 Å². The second kappa shape index (κ2) is 13.4. The molecule has 0 aromatic heterocycles. The number of hydrogen-bond acceptors (Lipinski definition) is 4. The third-order valence-electron chi connectivity index (χ3n) is 15.9. The summed E-state index contributed by atoms with van der Waals surface area (Å²) < 4.78 is 6.21. The first-order valence-corrected chi connectivity index (χ1v) is 19.9. The minimum atomic E-state index is -0.698. The number of carbonyl (C=O) groups is 3. The zero-order valence-electron chi connectivity index (χ0n) is 32.5. The fourth-order valence-corrected chi connectivity index (χ4v) is 12.5. The first kappa shape index (κ1) is 37.1. The van der Waals surface area contributed by atoms with E-state index >= 15 is 0 Å². The van der Waals surface area contributed by atoms with Crippen molar-refractivity contribution in [2.24, 2.45) is 50.2 Å². The van der Waals surface area contributed by atoms with Crippen LogP contribution in [0.5, 0.6) is 0 Å². The number of nitrogens with one attached hydrogen (secondary N) is 1. The molecule has 0 aliphatic heterocycles. The third-order valence-corrected chi connectivity index (χ3v) is 15.9. The lowest BCUT2D eigenvalue weighted by atomic mass is 9.36. The zero-order chi connectivity index (χ0) is 36.2. The Kier molecular flexibility index (Phi) is 9.92. The SMILES string of the molecule is CC1CCCC1(CC[C@]1(C)CCCC2C3(C)CCC(OC(=O)CC(C)(C)C=O)C(C)(C)C3CCC21C)C(=O)NCc1cccc2ccccc12. The van der Waals surface area contributed by atoms with Gasteiger partial charge in [-0.3, -0.25) is 9.59 Å². The van der Waals surface area contributed by atoms with Crippen molar-refractivity contribution in [3.63, 3.8) is 0 Å². The van der Waals surface area contributed by atoms with Gasteiger partial charge < -0.3 is 14.8 Å². The minimum Gasteiger partial charge on any atom is -0.462 e. The smallest absolute Gasteiger partial charge is 0.307 e. The quantitative estimate of drug-likeness (QED) is 0.200. The lowest BCUT2D eigenvalue weighted by Crippen LogP contribution is -2.63. The number of carbonyl (C=O) groups excluding carboxylic acids is 3. The van der Waals surface area contributed by atoms with E-state index < -0.39 is 5.41 Å². The number of benzene rings is 2. The van der Waals surface area contributed by atoms with Gasteiger partial charge in [0.15, 0.2) is 0 Å². The van der Waals surface area contributed by atoms with Crippen LogP contribution in [0, 0.1) is 50.2 Å². The second-order valence-corrected chi connectivity index (χ2v) is 19.4. The monoisotopic (exact) mass is 683 g/mol. The molecule has 8 atom stereocenters. The van der Waals surface area contributed by atoms with Crippen LogP contribution in [0.2, 0.25) is 0 Å². The van der Waals surface area contributed by atoms with E-state index in [4.69, 9.17) is 4.74 Å². The lowest BCUT2D eigenvalue weighted by Gasteiger charge is -2.69. The Morgan fingerprint density at radius 2 is 1.58 bits per heavy atom. The molecule has 4 aliphatic carbocycles. The lowest BCUT2D eigenvalue weighted by molar-refractivity contribution is -0.221. The van der Waals surface area contributed by atoms with E-state index in [-0.39, 0.29) is 51.5 Å². The Balaban J connectivity index is 1.18. The first-order valence-electron chi connectivity index (χ1n) is 19.9. The molecule has 2 aromatic carbocycles. The summed E-state index contributed by atoms with van der Waals surface area (Å²) in [5, 5.41) is 5.90. The summed E-state index contributed by atoms with van der Waals surface area (Å²) in [4.78, 5) is 38.9. The van der Waals surface area contributed by atoms with Crippen LogP contribution in [0.15, 0.2) is 42.5 Å². The van der Waals surface area contributed by atoms with Gasteiger partial charge in [-0.2, -0.15) is 0 Å². The van der Waals surface area contributed by atoms with E-state index in [0.29, 0.717) is 24.3 Å². The number of amides is 1. The van der Waals surface area contributed by atoms with Crippen molar-refractivity contribution in [1.29, 1.82) is 0 Å². The largest absolute Gasteiger partial charge is 0.462 e. The van der Waals surface area contributed by atoms with Gasteiger partial charge in [0.25, 0.3) is 0 Å². The number of aldehydes is 1. The maximum absolute atomic E-state index is 14.4. The molecule has 4 saturated carbocycles. The van der Waals surface area contributed by atoms with Crippen molar-refractivity contribution in [2.45, 2.75) is 152 Å². The highest BCUT2D eigenvalue weighted by Gasteiger charge is 2.65. The summed E-state index contributed by atoms with van der Waals surface area (Å²) in [6, 6.07) is 14.9. The maximum atomic E-state index is 14.4. The maximum Gasteiger partial charge on any atom is 0.307 e. The van der Waals surface area contributed by atoms with Crippen LogP contribution in [-0.2, 0) is 25.7 Å². The van der Waals surface area contributed by atoms with Gasteiger partial charge in [0.2, 0.25) is 5.91 Å². The Hall–Kier alpha value is -2.69. The number of fused-ring (bicyclic) bond motifs is 4. The summed E-state index contributed by atoms with van der Waals surface area (Å²) in [6.45, 7) is 19.0. The van der Waals surface area contributed by atoms with E-state index in [2.05, 4.69) is 89.3 Å². The van der Waals surface area contributed by atoms with Crippen LogP contribution in [-0.4, -0.2) is 24.3 Å². The van der Waals surface area contributed by atoms with E-state index in [1.54, 1.807) is 13.8 Å². The molecule has 4 aliphatic rings. The number of ether oxygens (including phenoxy) is 1. The molecule has 1 N–H and O–H groups in total. The highest BCUT2D eigenvalue weighted by atomic mass is 16.5. The summed E-state index contributed by atoms with van der Waals surface area (Å²) >= 11 is 0.